The molecular weight excluding hydrogens is 208 g/mol. The molecule has 0 spiro atoms. The third-order valence-corrected chi connectivity index (χ3v) is 2.95. The Hall–Kier alpha value is -1.46. The molecule has 0 atom stereocenters. The molecule has 0 aliphatic heterocycles. The van der Waals surface area contributed by atoms with Crippen LogP contribution in [0.15, 0.2) is 18.2 Å². The van der Waals surface area contributed by atoms with Gasteiger partial charge in [-0.1, -0.05) is 23.7 Å². The molecule has 3 heteroatoms. The van der Waals surface area contributed by atoms with Crippen molar-refractivity contribution in [2.24, 2.45) is 0 Å². The molecule has 15 heavy (non-hydrogen) atoms. The van der Waals surface area contributed by atoms with Gasteiger partial charge in [0.15, 0.2) is 0 Å². The normalized spacial score (nSPS) is 10.5. The number of aryl methyl sites for hydroxylation is 2. The zero-order valence-electron chi connectivity index (χ0n) is 8.47. The Morgan fingerprint density at radius 1 is 1.47 bits per heavy atom. The highest BCUT2D eigenvalue weighted by molar-refractivity contribution is 6.35. The van der Waals surface area contributed by atoms with Crippen LogP contribution in [0.25, 0.3) is 10.9 Å². The van der Waals surface area contributed by atoms with Crippen LogP contribution < -0.4 is 0 Å². The quantitative estimate of drug-likeness (QED) is 0.822. The molecule has 0 saturated heterocycles. The van der Waals surface area contributed by atoms with Crippen LogP contribution in [0.2, 0.25) is 5.02 Å². The molecule has 1 N–H and O–H groups in total. The summed E-state index contributed by atoms with van der Waals surface area (Å²) < 4.78 is 0. The van der Waals surface area contributed by atoms with Gasteiger partial charge in [-0.15, -0.1) is 0 Å². The lowest BCUT2D eigenvalue weighted by atomic mass is 10.1. The largest absolute Gasteiger partial charge is 0.357 e. The Kier molecular flexibility index (Phi) is 2.66. The third-order valence-electron chi connectivity index (χ3n) is 2.63. The van der Waals surface area contributed by atoms with Gasteiger partial charge in [-0.05, 0) is 18.6 Å². The number of halogens is 1. The number of aromatic nitrogens is 1. The summed E-state index contributed by atoms with van der Waals surface area (Å²) in [6.45, 7) is 2.06. The van der Waals surface area contributed by atoms with Crippen LogP contribution >= 0.6 is 11.6 Å². The van der Waals surface area contributed by atoms with Gasteiger partial charge in [-0.2, -0.15) is 5.26 Å². The predicted octanol–water partition coefficient (Wildman–Crippen LogP) is 3.59. The Bertz CT molecular complexity index is 534. The fourth-order valence-corrected chi connectivity index (χ4v) is 2.02. The molecule has 0 saturated carbocycles. The first-order valence-electron chi connectivity index (χ1n) is 4.86. The molecule has 2 aromatic rings. The van der Waals surface area contributed by atoms with Gasteiger partial charge in [-0.3, -0.25) is 0 Å². The van der Waals surface area contributed by atoms with Crippen LogP contribution in [0.5, 0.6) is 0 Å². The summed E-state index contributed by atoms with van der Waals surface area (Å²) in [7, 11) is 0. The van der Waals surface area contributed by atoms with Crippen molar-refractivity contribution in [3.05, 3.63) is 34.5 Å². The van der Waals surface area contributed by atoms with E-state index in [1.54, 1.807) is 0 Å². The number of hydrogen-bond acceptors (Lipinski definition) is 1. The van der Waals surface area contributed by atoms with Crippen molar-refractivity contribution >= 4 is 22.5 Å². The predicted molar refractivity (Wildman–Crippen MR) is 62.0 cm³/mol. The van der Waals surface area contributed by atoms with Gasteiger partial charge in [0.2, 0.25) is 0 Å². The first-order valence-corrected chi connectivity index (χ1v) is 5.24. The van der Waals surface area contributed by atoms with Gasteiger partial charge in [0.1, 0.15) is 0 Å². The highest BCUT2D eigenvalue weighted by Crippen LogP contribution is 2.27. The van der Waals surface area contributed by atoms with Crippen LogP contribution in [0.3, 0.4) is 0 Å². The van der Waals surface area contributed by atoms with Crippen LogP contribution in [0.1, 0.15) is 17.7 Å². The number of hydrogen-bond donors (Lipinski definition) is 1. The number of nitriles is 1. The Balaban J connectivity index is 2.55. The van der Waals surface area contributed by atoms with E-state index in [-0.39, 0.29) is 0 Å². The number of fused-ring (bicyclic) bond motifs is 1. The maximum absolute atomic E-state index is 8.56. The molecule has 1 heterocycles. The lowest BCUT2D eigenvalue weighted by Gasteiger charge is -1.93. The Labute approximate surface area is 93.5 Å². The zero-order chi connectivity index (χ0) is 10.8. The zero-order valence-corrected chi connectivity index (χ0v) is 9.23. The van der Waals surface area contributed by atoms with E-state index in [1.165, 1.54) is 5.56 Å². The first-order chi connectivity index (χ1) is 7.24. The van der Waals surface area contributed by atoms with E-state index in [2.05, 4.69) is 18.0 Å². The summed E-state index contributed by atoms with van der Waals surface area (Å²) in [6.07, 6.45) is 1.29. The molecule has 0 radical (unpaired) electrons. The summed E-state index contributed by atoms with van der Waals surface area (Å²) in [5.41, 5.74) is 3.28. The van der Waals surface area contributed by atoms with E-state index in [4.69, 9.17) is 16.9 Å². The maximum atomic E-state index is 8.56. The molecule has 0 unspecified atom stereocenters. The second-order valence-corrected chi connectivity index (χ2v) is 3.96. The standard InChI is InChI=1S/C12H11ClN2/c1-8-9-4-2-5-10(13)12(9)15-11(8)6-3-7-14/h2,4-5,15H,3,6H2,1H3. The van der Waals surface area contributed by atoms with Gasteiger partial charge in [0.25, 0.3) is 0 Å². The molecule has 2 nitrogen and oxygen atoms in total. The fraction of sp³-hybridized carbons (Fsp3) is 0.250. The number of para-hydroxylation sites is 1. The second-order valence-electron chi connectivity index (χ2n) is 3.55. The van der Waals surface area contributed by atoms with Crippen molar-refractivity contribution in [3.8, 4) is 6.07 Å². The van der Waals surface area contributed by atoms with E-state index in [9.17, 15) is 0 Å². The second kappa shape index (κ2) is 3.96. The van der Waals surface area contributed by atoms with E-state index >= 15 is 0 Å². The van der Waals surface area contributed by atoms with Crippen LogP contribution in [0, 0.1) is 18.3 Å². The average molecular weight is 219 g/mol. The van der Waals surface area contributed by atoms with E-state index in [0.29, 0.717) is 6.42 Å². The molecule has 1 aromatic carbocycles. The summed E-state index contributed by atoms with van der Waals surface area (Å²) in [4.78, 5) is 3.28. The summed E-state index contributed by atoms with van der Waals surface area (Å²) in [6, 6.07) is 8.01. The number of rotatable bonds is 2. The topological polar surface area (TPSA) is 39.6 Å². The Morgan fingerprint density at radius 3 is 2.93 bits per heavy atom. The first kappa shape index (κ1) is 10.1. The SMILES string of the molecule is Cc1c(CCC#N)[nH]c2c(Cl)cccc12. The molecule has 0 aliphatic rings. The van der Waals surface area contributed by atoms with E-state index < -0.39 is 0 Å². The number of nitrogens with zero attached hydrogens (tertiary/aromatic N) is 1. The lowest BCUT2D eigenvalue weighted by Crippen LogP contribution is -1.85. The lowest BCUT2D eigenvalue weighted by molar-refractivity contribution is 0.961. The number of aromatic amines is 1. The van der Waals surface area contributed by atoms with E-state index in [1.807, 2.05) is 18.2 Å². The minimum atomic E-state index is 0.533. The van der Waals surface area contributed by atoms with Gasteiger partial charge >= 0.3 is 0 Å². The van der Waals surface area contributed by atoms with Crippen molar-refractivity contribution in [2.45, 2.75) is 19.8 Å². The van der Waals surface area contributed by atoms with Crippen LogP contribution in [0.4, 0.5) is 0 Å². The fourth-order valence-electron chi connectivity index (χ4n) is 1.80. The summed E-state index contributed by atoms with van der Waals surface area (Å²) >= 11 is 6.08. The highest BCUT2D eigenvalue weighted by Gasteiger charge is 2.08. The molecular formula is C12H11ClN2. The molecule has 0 bridgehead atoms. The smallest absolute Gasteiger partial charge is 0.0648 e. The van der Waals surface area contributed by atoms with Gasteiger partial charge in [0, 0.05) is 23.9 Å². The molecule has 0 amide bonds. The summed E-state index contributed by atoms with van der Waals surface area (Å²) in [5, 5.41) is 10.4. The van der Waals surface area contributed by atoms with Crippen molar-refractivity contribution in [1.29, 1.82) is 5.26 Å². The Morgan fingerprint density at radius 2 is 2.27 bits per heavy atom. The third kappa shape index (κ3) is 1.71. The number of H-pyrrole nitrogens is 1. The molecule has 0 fully saturated rings. The van der Waals surface area contributed by atoms with Crippen LogP contribution in [-0.2, 0) is 6.42 Å². The average Bonchev–Trinajstić information content (AvgIpc) is 2.55. The van der Waals surface area contributed by atoms with Gasteiger partial charge in [0.05, 0.1) is 16.6 Å². The van der Waals surface area contributed by atoms with Crippen LogP contribution in [-0.4, -0.2) is 4.98 Å². The highest BCUT2D eigenvalue weighted by atomic mass is 35.5. The number of benzene rings is 1. The maximum Gasteiger partial charge on any atom is 0.0648 e. The van der Waals surface area contributed by atoms with Gasteiger partial charge < -0.3 is 4.98 Å². The monoisotopic (exact) mass is 218 g/mol. The number of nitrogens with one attached hydrogen (secondary N) is 1. The minimum absolute atomic E-state index is 0.533. The molecule has 76 valence electrons. The molecule has 1 aromatic heterocycles. The molecule has 2 rings (SSSR count). The summed E-state index contributed by atoms with van der Waals surface area (Å²) in [5.74, 6) is 0. The van der Waals surface area contributed by atoms with Crippen molar-refractivity contribution < 1.29 is 0 Å². The van der Waals surface area contributed by atoms with Gasteiger partial charge in [-0.25, -0.2) is 0 Å². The minimum Gasteiger partial charge on any atom is -0.357 e. The van der Waals surface area contributed by atoms with Crippen molar-refractivity contribution in [1.82, 2.24) is 4.98 Å². The van der Waals surface area contributed by atoms with Crippen molar-refractivity contribution in [2.75, 3.05) is 0 Å². The van der Waals surface area contributed by atoms with Crippen molar-refractivity contribution in [3.63, 3.8) is 0 Å². The van der Waals surface area contributed by atoms with E-state index in [0.717, 1.165) is 28.0 Å². The molecule has 0 aliphatic carbocycles.